The van der Waals surface area contributed by atoms with Crippen molar-refractivity contribution in [3.05, 3.63) is 29.8 Å². The molecule has 1 unspecified atom stereocenters. The molecule has 1 aromatic rings. The first-order valence-corrected chi connectivity index (χ1v) is 7.88. The van der Waals surface area contributed by atoms with E-state index >= 15 is 0 Å². The van der Waals surface area contributed by atoms with Crippen LogP contribution in [0.25, 0.3) is 0 Å². The van der Waals surface area contributed by atoms with Gasteiger partial charge in [-0.15, -0.1) is 0 Å². The third-order valence-corrected chi connectivity index (χ3v) is 3.58. The molecule has 0 saturated heterocycles. The summed E-state index contributed by atoms with van der Waals surface area (Å²) in [7, 11) is 0. The Morgan fingerprint density at radius 3 is 2.30 bits per heavy atom. The predicted molar refractivity (Wildman–Crippen MR) is 88.3 cm³/mol. The summed E-state index contributed by atoms with van der Waals surface area (Å²) in [5.41, 5.74) is 0.974. The molecule has 0 aromatic heterocycles. The molecule has 126 valence electrons. The lowest BCUT2D eigenvalue weighted by Gasteiger charge is -2.14. The standard InChI is InChI=1S/C17H24N2O4/c1-3-5-6-12(4-2)17(23)19-14-9-7-13(8-10-14)16(22)18-11-15(20)21/h7-10,12H,3-6,11H2,1-2H3,(H,18,22)(H,19,23)(H,20,21). The van der Waals surface area contributed by atoms with Crippen LogP contribution in [-0.4, -0.2) is 29.4 Å². The van der Waals surface area contributed by atoms with E-state index in [-0.39, 0.29) is 11.8 Å². The number of hydrogen-bond donors (Lipinski definition) is 3. The van der Waals surface area contributed by atoms with Gasteiger partial charge in [0.1, 0.15) is 6.54 Å². The Kier molecular flexibility index (Phi) is 7.80. The molecule has 1 atom stereocenters. The normalized spacial score (nSPS) is 11.6. The van der Waals surface area contributed by atoms with Crippen LogP contribution in [0.15, 0.2) is 24.3 Å². The van der Waals surface area contributed by atoms with Gasteiger partial charge in [0, 0.05) is 17.2 Å². The number of rotatable bonds is 9. The van der Waals surface area contributed by atoms with E-state index in [0.29, 0.717) is 11.3 Å². The molecule has 0 heterocycles. The summed E-state index contributed by atoms with van der Waals surface area (Å²) in [5, 5.41) is 13.7. The van der Waals surface area contributed by atoms with Crippen molar-refractivity contribution >= 4 is 23.5 Å². The van der Waals surface area contributed by atoms with Crippen molar-refractivity contribution in [3.8, 4) is 0 Å². The van der Waals surface area contributed by atoms with Crippen LogP contribution in [0.4, 0.5) is 5.69 Å². The number of nitrogens with one attached hydrogen (secondary N) is 2. The van der Waals surface area contributed by atoms with Crippen molar-refractivity contribution in [2.75, 3.05) is 11.9 Å². The third-order valence-electron chi connectivity index (χ3n) is 3.58. The van der Waals surface area contributed by atoms with Crippen LogP contribution in [0.5, 0.6) is 0 Å². The van der Waals surface area contributed by atoms with Gasteiger partial charge in [0.25, 0.3) is 5.91 Å². The van der Waals surface area contributed by atoms with Crippen molar-refractivity contribution in [3.63, 3.8) is 0 Å². The predicted octanol–water partition coefficient (Wildman–Crippen LogP) is 2.66. The van der Waals surface area contributed by atoms with Crippen LogP contribution in [-0.2, 0) is 9.59 Å². The van der Waals surface area contributed by atoms with E-state index in [9.17, 15) is 14.4 Å². The summed E-state index contributed by atoms with van der Waals surface area (Å²) in [4.78, 5) is 34.3. The minimum absolute atomic E-state index is 0.00603. The van der Waals surface area contributed by atoms with Crippen molar-refractivity contribution in [1.82, 2.24) is 5.32 Å². The van der Waals surface area contributed by atoms with E-state index in [1.54, 1.807) is 24.3 Å². The zero-order valence-electron chi connectivity index (χ0n) is 13.6. The number of carboxylic acid groups (broad SMARTS) is 1. The number of aliphatic carboxylic acids is 1. The van der Waals surface area contributed by atoms with Gasteiger partial charge in [-0.2, -0.15) is 0 Å². The molecule has 0 aliphatic rings. The van der Waals surface area contributed by atoms with Gasteiger partial charge in [-0.25, -0.2) is 0 Å². The maximum absolute atomic E-state index is 12.2. The molecule has 0 bridgehead atoms. The second-order valence-corrected chi connectivity index (χ2v) is 5.39. The first-order valence-electron chi connectivity index (χ1n) is 7.88. The molecule has 0 radical (unpaired) electrons. The molecule has 23 heavy (non-hydrogen) atoms. The van der Waals surface area contributed by atoms with Gasteiger partial charge in [0.15, 0.2) is 0 Å². The molecule has 0 spiro atoms. The lowest BCUT2D eigenvalue weighted by Crippen LogP contribution is -2.29. The number of amides is 2. The first kappa shape index (κ1) is 18.7. The van der Waals surface area contributed by atoms with Crippen LogP contribution in [0, 0.1) is 5.92 Å². The van der Waals surface area contributed by atoms with Gasteiger partial charge in [-0.3, -0.25) is 14.4 Å². The summed E-state index contributed by atoms with van der Waals surface area (Å²) in [6.07, 6.45) is 3.74. The number of unbranched alkanes of at least 4 members (excludes halogenated alkanes) is 1. The summed E-state index contributed by atoms with van der Waals surface area (Å²) < 4.78 is 0. The van der Waals surface area contributed by atoms with Crippen molar-refractivity contribution in [1.29, 1.82) is 0 Å². The molecule has 0 fully saturated rings. The summed E-state index contributed by atoms with van der Waals surface area (Å²) in [6.45, 7) is 3.67. The molecule has 0 saturated carbocycles. The average Bonchev–Trinajstić information content (AvgIpc) is 2.54. The zero-order valence-corrected chi connectivity index (χ0v) is 13.6. The Morgan fingerprint density at radius 1 is 1.13 bits per heavy atom. The molecule has 0 aliphatic carbocycles. The van der Waals surface area contributed by atoms with E-state index in [1.165, 1.54) is 0 Å². The fourth-order valence-corrected chi connectivity index (χ4v) is 2.18. The average molecular weight is 320 g/mol. The molecule has 6 heteroatoms. The fraction of sp³-hybridized carbons (Fsp3) is 0.471. The highest BCUT2D eigenvalue weighted by Gasteiger charge is 2.16. The molecule has 6 nitrogen and oxygen atoms in total. The molecule has 0 aliphatic heterocycles. The smallest absolute Gasteiger partial charge is 0.322 e. The van der Waals surface area contributed by atoms with Crippen LogP contribution in [0.1, 0.15) is 49.9 Å². The number of hydrogen-bond acceptors (Lipinski definition) is 3. The van der Waals surface area contributed by atoms with Gasteiger partial charge in [-0.05, 0) is 37.1 Å². The van der Waals surface area contributed by atoms with E-state index in [2.05, 4.69) is 17.6 Å². The highest BCUT2D eigenvalue weighted by molar-refractivity contribution is 5.97. The van der Waals surface area contributed by atoms with Gasteiger partial charge < -0.3 is 15.7 Å². The first-order chi connectivity index (χ1) is 11.0. The molecule has 2 amide bonds. The SMILES string of the molecule is CCCCC(CC)C(=O)Nc1ccc(C(=O)NCC(=O)O)cc1. The van der Waals surface area contributed by atoms with Crippen LogP contribution >= 0.6 is 0 Å². The molecule has 1 aromatic carbocycles. The lowest BCUT2D eigenvalue weighted by atomic mass is 9.98. The maximum Gasteiger partial charge on any atom is 0.322 e. The Labute approximate surface area is 136 Å². The highest BCUT2D eigenvalue weighted by Crippen LogP contribution is 2.16. The minimum atomic E-state index is -1.10. The van der Waals surface area contributed by atoms with Crippen molar-refractivity contribution in [2.24, 2.45) is 5.92 Å². The Balaban J connectivity index is 2.60. The van der Waals surface area contributed by atoms with Crippen LogP contribution in [0.2, 0.25) is 0 Å². The molecule has 3 N–H and O–H groups in total. The highest BCUT2D eigenvalue weighted by atomic mass is 16.4. The molecule has 1 rings (SSSR count). The van der Waals surface area contributed by atoms with Crippen LogP contribution in [0.3, 0.4) is 0 Å². The number of carboxylic acids is 1. The second-order valence-electron chi connectivity index (χ2n) is 5.39. The quantitative estimate of drug-likeness (QED) is 0.652. The van der Waals surface area contributed by atoms with E-state index in [0.717, 1.165) is 25.7 Å². The van der Waals surface area contributed by atoms with Gasteiger partial charge in [0.05, 0.1) is 0 Å². The summed E-state index contributed by atoms with van der Waals surface area (Å²) in [5.74, 6) is -1.57. The molecular formula is C17H24N2O4. The van der Waals surface area contributed by atoms with Crippen molar-refractivity contribution < 1.29 is 19.5 Å². The van der Waals surface area contributed by atoms with E-state index in [1.807, 2.05) is 6.92 Å². The van der Waals surface area contributed by atoms with Gasteiger partial charge in [0.2, 0.25) is 5.91 Å². The van der Waals surface area contributed by atoms with E-state index < -0.39 is 18.4 Å². The van der Waals surface area contributed by atoms with E-state index in [4.69, 9.17) is 5.11 Å². The lowest BCUT2D eigenvalue weighted by molar-refractivity contribution is -0.135. The third kappa shape index (κ3) is 6.50. The maximum atomic E-state index is 12.2. The Morgan fingerprint density at radius 2 is 1.78 bits per heavy atom. The summed E-state index contributed by atoms with van der Waals surface area (Å²) in [6, 6.07) is 6.39. The molecular weight excluding hydrogens is 296 g/mol. The monoisotopic (exact) mass is 320 g/mol. The fourth-order valence-electron chi connectivity index (χ4n) is 2.18. The van der Waals surface area contributed by atoms with Crippen molar-refractivity contribution in [2.45, 2.75) is 39.5 Å². The van der Waals surface area contributed by atoms with Gasteiger partial charge >= 0.3 is 5.97 Å². The topological polar surface area (TPSA) is 95.5 Å². The number of carbonyl (C=O) groups excluding carboxylic acids is 2. The summed E-state index contributed by atoms with van der Waals surface area (Å²) >= 11 is 0. The number of benzene rings is 1. The Hall–Kier alpha value is -2.37. The zero-order chi connectivity index (χ0) is 17.2. The number of carbonyl (C=O) groups is 3. The minimum Gasteiger partial charge on any atom is -0.480 e. The number of anilines is 1. The largest absolute Gasteiger partial charge is 0.480 e. The van der Waals surface area contributed by atoms with Crippen LogP contribution < -0.4 is 10.6 Å². The Bertz CT molecular complexity index is 540. The van der Waals surface area contributed by atoms with Gasteiger partial charge in [-0.1, -0.05) is 26.7 Å². The second kappa shape index (κ2) is 9.61.